The number of nitrogens with one attached hydrogen (secondary N) is 2. The summed E-state index contributed by atoms with van der Waals surface area (Å²) >= 11 is 0. The number of guanidine groups is 1. The van der Waals surface area contributed by atoms with Crippen LogP contribution in [-0.2, 0) is 10.2 Å². The van der Waals surface area contributed by atoms with E-state index >= 15 is 0 Å². The molecule has 2 rings (SSSR count). The molecule has 3 N–H and O–H groups in total. The van der Waals surface area contributed by atoms with E-state index in [2.05, 4.69) is 53.4 Å². The van der Waals surface area contributed by atoms with Crippen LogP contribution in [0.5, 0.6) is 5.75 Å². The Hall–Kier alpha value is -1.10. The van der Waals surface area contributed by atoms with Crippen molar-refractivity contribution in [1.29, 1.82) is 0 Å². The van der Waals surface area contributed by atoms with Crippen LogP contribution in [0.3, 0.4) is 0 Å². The highest BCUT2D eigenvalue weighted by atomic mass is 127. The average molecular weight is 549 g/mol. The van der Waals surface area contributed by atoms with Crippen LogP contribution >= 0.6 is 24.0 Å². The second kappa shape index (κ2) is 13.4. The smallest absolute Gasteiger partial charge is 0.191 e. The summed E-state index contributed by atoms with van der Waals surface area (Å²) in [7, 11) is 0. The number of β-amino-alcohol motifs (C(OH)–C–C–N with tert-alkyl or cyclic N) is 1. The highest BCUT2D eigenvalue weighted by molar-refractivity contribution is 14.0. The molecule has 1 aliphatic heterocycles. The zero-order chi connectivity index (χ0) is 22.0. The molecule has 1 atom stereocenters. The fourth-order valence-electron chi connectivity index (χ4n) is 3.27. The van der Waals surface area contributed by atoms with Crippen LogP contribution < -0.4 is 15.4 Å². The predicted octanol–water partition coefficient (Wildman–Crippen LogP) is 2.62. The zero-order valence-electron chi connectivity index (χ0n) is 19.7. The van der Waals surface area contributed by atoms with Crippen molar-refractivity contribution in [3.63, 3.8) is 0 Å². The van der Waals surface area contributed by atoms with Crippen molar-refractivity contribution >= 4 is 29.9 Å². The van der Waals surface area contributed by atoms with E-state index in [9.17, 15) is 5.11 Å². The lowest BCUT2D eigenvalue weighted by Crippen LogP contribution is -2.48. The molecule has 0 radical (unpaired) electrons. The summed E-state index contributed by atoms with van der Waals surface area (Å²) in [5, 5.41) is 17.2. The maximum atomic E-state index is 10.7. The molecule has 178 valence electrons. The van der Waals surface area contributed by atoms with E-state index in [1.165, 1.54) is 5.56 Å². The van der Waals surface area contributed by atoms with Gasteiger partial charge >= 0.3 is 0 Å². The molecule has 1 aliphatic rings. The molecule has 0 bridgehead atoms. The van der Waals surface area contributed by atoms with Crippen LogP contribution in [0.1, 0.15) is 40.2 Å². The van der Waals surface area contributed by atoms with Crippen LogP contribution in [-0.4, -0.2) is 80.7 Å². The first-order valence-corrected chi connectivity index (χ1v) is 11.0. The maximum Gasteiger partial charge on any atom is 0.191 e. The molecule has 1 saturated heterocycles. The van der Waals surface area contributed by atoms with Crippen molar-refractivity contribution < 1.29 is 14.6 Å². The summed E-state index contributed by atoms with van der Waals surface area (Å²) in [5.74, 6) is 1.56. The van der Waals surface area contributed by atoms with Crippen molar-refractivity contribution in [1.82, 2.24) is 15.5 Å². The van der Waals surface area contributed by atoms with Gasteiger partial charge in [-0.2, -0.15) is 0 Å². The molecule has 0 aromatic heterocycles. The van der Waals surface area contributed by atoms with Gasteiger partial charge in [0.15, 0.2) is 5.96 Å². The lowest BCUT2D eigenvalue weighted by Gasteiger charge is -2.33. The van der Waals surface area contributed by atoms with E-state index in [-0.39, 0.29) is 29.4 Å². The normalized spacial score (nSPS) is 17.4. The van der Waals surface area contributed by atoms with Gasteiger partial charge in [-0.05, 0) is 37.0 Å². The van der Waals surface area contributed by atoms with Crippen LogP contribution in [0.25, 0.3) is 0 Å². The van der Waals surface area contributed by atoms with E-state index in [4.69, 9.17) is 9.47 Å². The number of benzene rings is 1. The quantitative estimate of drug-likeness (QED) is 0.191. The minimum Gasteiger partial charge on any atom is -0.492 e. The largest absolute Gasteiger partial charge is 0.492 e. The molecule has 0 spiro atoms. The third kappa shape index (κ3) is 10.9. The van der Waals surface area contributed by atoms with Crippen molar-refractivity contribution in [3.05, 3.63) is 29.8 Å². The highest BCUT2D eigenvalue weighted by Crippen LogP contribution is 2.25. The van der Waals surface area contributed by atoms with E-state index in [0.717, 1.165) is 38.6 Å². The Bertz CT molecular complexity index is 671. The number of morpholine rings is 1. The Morgan fingerprint density at radius 2 is 1.90 bits per heavy atom. The van der Waals surface area contributed by atoms with Crippen molar-refractivity contribution in [2.24, 2.45) is 4.99 Å². The van der Waals surface area contributed by atoms with Gasteiger partial charge < -0.3 is 25.2 Å². The molecule has 7 nitrogen and oxygen atoms in total. The lowest BCUT2D eigenvalue weighted by molar-refractivity contribution is -0.0179. The Morgan fingerprint density at radius 1 is 1.19 bits per heavy atom. The Labute approximate surface area is 205 Å². The molecule has 31 heavy (non-hydrogen) atoms. The number of ether oxygens (including phenoxy) is 2. The van der Waals surface area contributed by atoms with E-state index in [1.807, 2.05) is 26.0 Å². The predicted molar refractivity (Wildman–Crippen MR) is 138 cm³/mol. The van der Waals surface area contributed by atoms with Gasteiger partial charge in [0.2, 0.25) is 0 Å². The van der Waals surface area contributed by atoms with Gasteiger partial charge in [0.25, 0.3) is 0 Å². The highest BCUT2D eigenvalue weighted by Gasteiger charge is 2.25. The summed E-state index contributed by atoms with van der Waals surface area (Å²) in [5.41, 5.74) is 0.468. The van der Waals surface area contributed by atoms with Crippen LogP contribution in [0, 0.1) is 0 Å². The molecule has 0 saturated carbocycles. The fourth-order valence-corrected chi connectivity index (χ4v) is 3.27. The number of rotatable bonds is 9. The Kier molecular flexibility index (Phi) is 12.1. The van der Waals surface area contributed by atoms with Gasteiger partial charge in [0, 0.05) is 26.2 Å². The van der Waals surface area contributed by atoms with Gasteiger partial charge in [0.1, 0.15) is 12.4 Å². The van der Waals surface area contributed by atoms with Crippen molar-refractivity contribution in [3.8, 4) is 5.75 Å². The number of nitrogens with zero attached hydrogens (tertiary/aromatic N) is 2. The SMILES string of the molecule is CCNC(=NCC(C)(O)CN1CCOCC1)NCCOc1cccc(C(C)(C)C)c1.I. The third-order valence-electron chi connectivity index (χ3n) is 4.95. The first kappa shape index (κ1) is 27.9. The lowest BCUT2D eigenvalue weighted by atomic mass is 9.87. The number of aliphatic hydroxyl groups is 1. The third-order valence-corrected chi connectivity index (χ3v) is 4.95. The molecule has 1 aromatic rings. The summed E-state index contributed by atoms with van der Waals surface area (Å²) in [6.07, 6.45) is 0. The summed E-state index contributed by atoms with van der Waals surface area (Å²) < 4.78 is 11.3. The zero-order valence-corrected chi connectivity index (χ0v) is 22.1. The van der Waals surface area contributed by atoms with Gasteiger partial charge in [-0.1, -0.05) is 32.9 Å². The first-order valence-electron chi connectivity index (χ1n) is 11.0. The van der Waals surface area contributed by atoms with Crippen LogP contribution in [0.2, 0.25) is 0 Å². The molecule has 0 amide bonds. The van der Waals surface area contributed by atoms with Crippen molar-refractivity contribution in [2.75, 3.05) is 59.1 Å². The van der Waals surface area contributed by atoms with Crippen LogP contribution in [0.15, 0.2) is 29.3 Å². The average Bonchev–Trinajstić information content (AvgIpc) is 2.69. The molecule has 0 aliphatic carbocycles. The van der Waals surface area contributed by atoms with Gasteiger partial charge in [-0.3, -0.25) is 9.89 Å². The molecule has 1 heterocycles. The second-order valence-corrected chi connectivity index (χ2v) is 9.13. The summed E-state index contributed by atoms with van der Waals surface area (Å²) in [6.45, 7) is 16.4. The molecular weight excluding hydrogens is 507 g/mol. The number of halogens is 1. The van der Waals surface area contributed by atoms with Gasteiger partial charge in [0.05, 0.1) is 31.9 Å². The minimum absolute atomic E-state index is 0. The topological polar surface area (TPSA) is 78.4 Å². The van der Waals surface area contributed by atoms with Gasteiger partial charge in [-0.25, -0.2) is 0 Å². The minimum atomic E-state index is -0.885. The molecule has 1 fully saturated rings. The number of hydrogen-bond acceptors (Lipinski definition) is 5. The Balaban J connectivity index is 0.00000480. The Morgan fingerprint density at radius 3 is 2.55 bits per heavy atom. The van der Waals surface area contributed by atoms with Gasteiger partial charge in [-0.15, -0.1) is 24.0 Å². The summed E-state index contributed by atoms with van der Waals surface area (Å²) in [4.78, 5) is 6.79. The molecule has 1 unspecified atom stereocenters. The second-order valence-electron chi connectivity index (χ2n) is 9.13. The number of hydrogen-bond donors (Lipinski definition) is 3. The number of aliphatic imine (C=N–C) groups is 1. The van der Waals surface area contributed by atoms with Crippen molar-refractivity contribution in [2.45, 2.75) is 45.6 Å². The standard InChI is InChI=1S/C23H40N4O3.HI/c1-6-24-21(26-17-23(5,28)18-27-11-14-29-15-12-27)25-10-13-30-20-9-7-8-19(16-20)22(2,3)4;/h7-9,16,28H,6,10-15,17-18H2,1-5H3,(H2,24,25,26);1H. The van der Waals surface area contributed by atoms with Crippen LogP contribution in [0.4, 0.5) is 0 Å². The van der Waals surface area contributed by atoms with E-state index < -0.39 is 5.60 Å². The maximum absolute atomic E-state index is 10.7. The first-order chi connectivity index (χ1) is 14.2. The molecule has 1 aromatic carbocycles. The van der Waals surface area contributed by atoms with E-state index in [1.54, 1.807) is 0 Å². The molecular formula is C23H41IN4O3. The monoisotopic (exact) mass is 548 g/mol. The molecule has 8 heteroatoms. The fraction of sp³-hybridized carbons (Fsp3) is 0.696. The van der Waals surface area contributed by atoms with E-state index in [0.29, 0.717) is 32.2 Å². The summed E-state index contributed by atoms with van der Waals surface area (Å²) in [6, 6.07) is 8.24.